The third kappa shape index (κ3) is 3.16. The predicted octanol–water partition coefficient (Wildman–Crippen LogP) is 5.54. The number of pyridine rings is 1. The highest BCUT2D eigenvalue weighted by Crippen LogP contribution is 2.37. The highest BCUT2D eigenvalue weighted by atomic mass is 19.1. The van der Waals surface area contributed by atoms with Crippen molar-refractivity contribution in [2.75, 3.05) is 7.11 Å². The van der Waals surface area contributed by atoms with Gasteiger partial charge in [-0.05, 0) is 60.2 Å². The molecule has 2 aliphatic rings. The molecule has 0 radical (unpaired) electrons. The van der Waals surface area contributed by atoms with Gasteiger partial charge in [0.1, 0.15) is 28.8 Å². The second-order valence-corrected chi connectivity index (χ2v) is 7.08. The van der Waals surface area contributed by atoms with Crippen molar-refractivity contribution in [1.82, 2.24) is 14.8 Å². The van der Waals surface area contributed by atoms with Gasteiger partial charge in [0.25, 0.3) is 0 Å². The van der Waals surface area contributed by atoms with Gasteiger partial charge in [0.05, 0.1) is 12.6 Å². The fourth-order valence-electron chi connectivity index (χ4n) is 3.69. The average Bonchev–Trinajstić information content (AvgIpc) is 3.19. The summed E-state index contributed by atoms with van der Waals surface area (Å²) in [4.78, 5) is 0. The number of benzene rings is 3. The van der Waals surface area contributed by atoms with Crippen molar-refractivity contribution in [1.29, 1.82) is 0 Å². The molecular formula is C24H17F2N3O. The van der Waals surface area contributed by atoms with E-state index in [1.54, 1.807) is 25.3 Å². The minimum Gasteiger partial charge on any atom is -0.497 e. The summed E-state index contributed by atoms with van der Waals surface area (Å²) in [6, 6.07) is 18.6. The Morgan fingerprint density at radius 2 is 1.53 bits per heavy atom. The number of nitrogens with zero attached hydrogens (tertiary/aromatic N) is 3. The maximum atomic E-state index is 14.1. The van der Waals surface area contributed by atoms with Crippen LogP contribution in [0.1, 0.15) is 5.56 Å². The summed E-state index contributed by atoms with van der Waals surface area (Å²) < 4.78 is 34.6. The molecule has 148 valence electrons. The standard InChI is InChI=1S/C24H17F2N3O/c1-30-19-9-4-16(5-10-19)23-21-14-29(13-15-2-6-17(25)7-3-15)22-11-8-18(26)12-20(22)24(21)28-27-23/h2-12,14H,13H2,1H3. The van der Waals surface area contributed by atoms with Gasteiger partial charge in [-0.25, -0.2) is 8.78 Å². The molecule has 4 nitrogen and oxygen atoms in total. The molecule has 0 spiro atoms. The number of hydrogen-bond donors (Lipinski definition) is 0. The van der Waals surface area contributed by atoms with E-state index in [4.69, 9.17) is 4.74 Å². The van der Waals surface area contributed by atoms with Crippen molar-refractivity contribution in [3.05, 3.63) is 90.1 Å². The van der Waals surface area contributed by atoms with Crippen LogP contribution in [0.3, 0.4) is 0 Å². The van der Waals surface area contributed by atoms with Crippen molar-refractivity contribution < 1.29 is 13.5 Å². The lowest BCUT2D eigenvalue weighted by atomic mass is 10.0. The molecule has 0 aromatic heterocycles. The molecule has 3 aromatic rings. The lowest BCUT2D eigenvalue weighted by molar-refractivity contribution is 0.415. The molecule has 6 heteroatoms. The maximum Gasteiger partial charge on any atom is 0.124 e. The summed E-state index contributed by atoms with van der Waals surface area (Å²) in [6.07, 6.45) is 1.97. The van der Waals surface area contributed by atoms with Gasteiger partial charge in [-0.2, -0.15) is 0 Å². The first-order valence-electron chi connectivity index (χ1n) is 9.46. The van der Waals surface area contributed by atoms with Gasteiger partial charge >= 0.3 is 0 Å². The normalized spacial score (nSPS) is 11.3. The number of ether oxygens (including phenoxy) is 1. The van der Waals surface area contributed by atoms with Crippen LogP contribution in [0.4, 0.5) is 8.78 Å². The Kier molecular flexibility index (Phi) is 4.39. The van der Waals surface area contributed by atoms with Gasteiger partial charge in [-0.15, -0.1) is 10.2 Å². The van der Waals surface area contributed by atoms with E-state index in [-0.39, 0.29) is 11.6 Å². The zero-order valence-corrected chi connectivity index (χ0v) is 16.1. The second-order valence-electron chi connectivity index (χ2n) is 7.08. The number of rotatable bonds is 4. The molecule has 5 rings (SSSR count). The number of halogens is 2. The molecule has 0 fully saturated rings. The van der Waals surface area contributed by atoms with Gasteiger partial charge in [0.2, 0.25) is 0 Å². The van der Waals surface area contributed by atoms with Crippen LogP contribution < -0.4 is 4.74 Å². The zero-order chi connectivity index (χ0) is 20.7. The van der Waals surface area contributed by atoms with Crippen LogP contribution in [0.2, 0.25) is 0 Å². The lowest BCUT2D eigenvalue weighted by Crippen LogP contribution is -2.04. The van der Waals surface area contributed by atoms with E-state index in [1.165, 1.54) is 24.3 Å². The monoisotopic (exact) mass is 401 g/mol. The molecule has 0 saturated carbocycles. The van der Waals surface area contributed by atoms with E-state index in [9.17, 15) is 8.78 Å². The Hall–Kier alpha value is -3.80. The third-order valence-electron chi connectivity index (χ3n) is 5.20. The molecule has 30 heavy (non-hydrogen) atoms. The van der Waals surface area contributed by atoms with Gasteiger partial charge in [0.15, 0.2) is 0 Å². The highest BCUT2D eigenvalue weighted by Gasteiger charge is 2.20. The van der Waals surface area contributed by atoms with Crippen LogP contribution in [0.15, 0.2) is 72.9 Å². The summed E-state index contributed by atoms with van der Waals surface area (Å²) in [5.74, 6) is 0.135. The van der Waals surface area contributed by atoms with E-state index in [0.717, 1.165) is 28.0 Å². The summed E-state index contributed by atoms with van der Waals surface area (Å²) >= 11 is 0. The number of hydrogen-bond acceptors (Lipinski definition) is 3. The first-order chi connectivity index (χ1) is 14.6. The van der Waals surface area contributed by atoms with Crippen molar-refractivity contribution in [3.63, 3.8) is 0 Å². The first kappa shape index (κ1) is 18.2. The second kappa shape index (κ2) is 7.22. The molecule has 2 heterocycles. The predicted molar refractivity (Wildman–Crippen MR) is 112 cm³/mol. The molecule has 0 N–H and O–H groups in total. The largest absolute Gasteiger partial charge is 0.497 e. The summed E-state index contributed by atoms with van der Waals surface area (Å²) in [5.41, 5.74) is 4.83. The molecule has 3 aromatic carbocycles. The molecule has 2 aliphatic heterocycles. The van der Waals surface area contributed by atoms with Crippen LogP contribution in [-0.4, -0.2) is 21.9 Å². The topological polar surface area (TPSA) is 39.9 Å². The van der Waals surface area contributed by atoms with Crippen molar-refractivity contribution >= 4 is 10.9 Å². The molecule has 0 aliphatic carbocycles. The van der Waals surface area contributed by atoms with Crippen LogP contribution >= 0.6 is 0 Å². The van der Waals surface area contributed by atoms with Crippen LogP contribution in [0.5, 0.6) is 5.75 Å². The van der Waals surface area contributed by atoms with Gasteiger partial charge in [0, 0.05) is 29.3 Å². The third-order valence-corrected chi connectivity index (χ3v) is 5.20. The summed E-state index contributed by atoms with van der Waals surface area (Å²) in [5, 5.41) is 9.42. The smallest absolute Gasteiger partial charge is 0.124 e. The van der Waals surface area contributed by atoms with E-state index >= 15 is 0 Å². The van der Waals surface area contributed by atoms with Crippen molar-refractivity contribution in [2.24, 2.45) is 0 Å². The van der Waals surface area contributed by atoms with Crippen LogP contribution in [0.25, 0.3) is 33.4 Å². The Morgan fingerprint density at radius 1 is 0.833 bits per heavy atom. The Balaban J connectivity index is 1.70. The lowest BCUT2D eigenvalue weighted by Gasteiger charge is -2.15. The zero-order valence-electron chi connectivity index (χ0n) is 16.1. The minimum absolute atomic E-state index is 0.280. The fraction of sp³-hybridized carbons (Fsp3) is 0.0833. The van der Waals surface area contributed by atoms with Crippen LogP contribution in [-0.2, 0) is 6.54 Å². The quantitative estimate of drug-likeness (QED) is 0.397. The van der Waals surface area contributed by atoms with Gasteiger partial charge in [-0.3, -0.25) is 0 Å². The van der Waals surface area contributed by atoms with E-state index < -0.39 is 0 Å². The first-order valence-corrected chi connectivity index (χ1v) is 9.46. The Morgan fingerprint density at radius 3 is 2.27 bits per heavy atom. The minimum atomic E-state index is -0.336. The van der Waals surface area contributed by atoms with E-state index in [0.29, 0.717) is 23.3 Å². The molecule has 0 atom stereocenters. The Labute approximate surface area is 171 Å². The molecular weight excluding hydrogens is 384 g/mol. The fourth-order valence-corrected chi connectivity index (χ4v) is 3.69. The number of aromatic nitrogens is 3. The molecule has 0 bridgehead atoms. The van der Waals surface area contributed by atoms with E-state index in [2.05, 4.69) is 10.2 Å². The summed E-state index contributed by atoms with van der Waals surface area (Å²) in [7, 11) is 1.62. The average molecular weight is 401 g/mol. The van der Waals surface area contributed by atoms with Crippen LogP contribution in [0, 0.1) is 11.6 Å². The summed E-state index contributed by atoms with van der Waals surface area (Å²) in [6.45, 7) is 0.506. The molecule has 0 unspecified atom stereocenters. The Bertz CT molecular complexity index is 1310. The molecule has 0 amide bonds. The highest BCUT2D eigenvalue weighted by molar-refractivity contribution is 5.98. The maximum absolute atomic E-state index is 14.1. The van der Waals surface area contributed by atoms with E-state index in [1.807, 2.05) is 35.0 Å². The van der Waals surface area contributed by atoms with Crippen molar-refractivity contribution in [3.8, 4) is 28.3 Å². The number of methoxy groups -OCH3 is 1. The van der Waals surface area contributed by atoms with Gasteiger partial charge < -0.3 is 9.30 Å². The van der Waals surface area contributed by atoms with Gasteiger partial charge in [-0.1, -0.05) is 12.1 Å². The van der Waals surface area contributed by atoms with Crippen molar-refractivity contribution in [2.45, 2.75) is 6.54 Å². The number of fused-ring (bicyclic) bond motifs is 3. The SMILES string of the molecule is COc1ccc(-c2nnc3c4cc(F)ccc4n(Cc4ccc(F)cc4)cc2-3)cc1. The molecule has 0 saturated heterocycles.